The van der Waals surface area contributed by atoms with Gasteiger partial charge in [0.2, 0.25) is 5.91 Å². The average Bonchev–Trinajstić information content (AvgIpc) is 2.58. The molecule has 0 N–H and O–H groups in total. The minimum Gasteiger partial charge on any atom is -0.432 e. The molecule has 1 saturated heterocycles. The van der Waals surface area contributed by atoms with E-state index in [0.717, 1.165) is 0 Å². The number of halogens is 1. The van der Waals surface area contributed by atoms with Crippen LogP contribution in [0.3, 0.4) is 0 Å². The topological polar surface area (TPSA) is 46.3 Å². The summed E-state index contributed by atoms with van der Waals surface area (Å²) < 4.78 is 5.01. The molecular formula is C7H7BrN2O2. The van der Waals surface area contributed by atoms with E-state index in [0.29, 0.717) is 19.0 Å². The molecule has 1 aliphatic heterocycles. The Kier molecular flexibility index (Phi) is 1.88. The lowest BCUT2D eigenvalue weighted by Gasteiger charge is -2.08. The van der Waals surface area contributed by atoms with Gasteiger partial charge in [-0.05, 0) is 0 Å². The van der Waals surface area contributed by atoms with Crippen LogP contribution in [0.4, 0.5) is 6.01 Å². The summed E-state index contributed by atoms with van der Waals surface area (Å²) in [5.74, 6) is 0.0549. The van der Waals surface area contributed by atoms with Gasteiger partial charge in [0, 0.05) is 17.8 Å². The molecule has 1 fully saturated rings. The van der Waals surface area contributed by atoms with Crippen molar-refractivity contribution in [1.29, 1.82) is 0 Å². The van der Waals surface area contributed by atoms with Gasteiger partial charge >= 0.3 is 6.01 Å². The van der Waals surface area contributed by atoms with E-state index in [1.807, 2.05) is 0 Å². The first-order valence-electron chi connectivity index (χ1n) is 3.61. The van der Waals surface area contributed by atoms with E-state index in [2.05, 4.69) is 20.9 Å². The van der Waals surface area contributed by atoms with Gasteiger partial charge in [-0.2, -0.15) is 0 Å². The SMILES string of the molecule is O=C1CC(Br)CN1c1ncco1. The molecule has 1 aliphatic rings. The van der Waals surface area contributed by atoms with Gasteiger partial charge < -0.3 is 4.42 Å². The van der Waals surface area contributed by atoms with Crippen molar-refractivity contribution >= 4 is 27.9 Å². The smallest absolute Gasteiger partial charge is 0.304 e. The number of hydrogen-bond acceptors (Lipinski definition) is 3. The van der Waals surface area contributed by atoms with Crippen molar-refractivity contribution in [2.45, 2.75) is 11.2 Å². The van der Waals surface area contributed by atoms with Crippen LogP contribution in [-0.4, -0.2) is 22.3 Å². The molecule has 2 rings (SSSR count). The van der Waals surface area contributed by atoms with Crippen LogP contribution in [0.5, 0.6) is 0 Å². The fourth-order valence-electron chi connectivity index (χ4n) is 1.20. The van der Waals surface area contributed by atoms with Gasteiger partial charge in [-0.3, -0.25) is 9.69 Å². The number of alkyl halides is 1. The van der Waals surface area contributed by atoms with E-state index in [-0.39, 0.29) is 10.7 Å². The molecule has 0 radical (unpaired) electrons. The number of nitrogens with zero attached hydrogens (tertiary/aromatic N) is 2. The summed E-state index contributed by atoms with van der Waals surface area (Å²) in [4.78, 5) is 16.9. The summed E-state index contributed by atoms with van der Waals surface area (Å²) in [5, 5.41) is 0. The maximum absolute atomic E-state index is 11.3. The van der Waals surface area contributed by atoms with Crippen LogP contribution < -0.4 is 4.90 Å². The summed E-state index contributed by atoms with van der Waals surface area (Å²) >= 11 is 3.37. The van der Waals surface area contributed by atoms with Gasteiger partial charge in [-0.1, -0.05) is 15.9 Å². The Morgan fingerprint density at radius 3 is 3.08 bits per heavy atom. The zero-order chi connectivity index (χ0) is 8.55. The molecule has 12 heavy (non-hydrogen) atoms. The highest BCUT2D eigenvalue weighted by atomic mass is 79.9. The molecule has 1 aromatic heterocycles. The monoisotopic (exact) mass is 230 g/mol. The summed E-state index contributed by atoms with van der Waals surface area (Å²) in [5.41, 5.74) is 0. The normalized spacial score (nSPS) is 23.6. The minimum absolute atomic E-state index is 0.0549. The molecule has 4 nitrogen and oxygen atoms in total. The van der Waals surface area contributed by atoms with E-state index in [1.165, 1.54) is 12.5 Å². The van der Waals surface area contributed by atoms with Crippen molar-refractivity contribution in [2.75, 3.05) is 11.4 Å². The summed E-state index contributed by atoms with van der Waals surface area (Å²) in [7, 11) is 0. The highest BCUT2D eigenvalue weighted by Gasteiger charge is 2.31. The van der Waals surface area contributed by atoms with Crippen LogP contribution in [-0.2, 0) is 4.79 Å². The minimum atomic E-state index is 0.0549. The van der Waals surface area contributed by atoms with Gasteiger partial charge in [-0.25, -0.2) is 4.98 Å². The second kappa shape index (κ2) is 2.90. The fourth-order valence-corrected chi connectivity index (χ4v) is 1.76. The molecule has 1 aromatic rings. The van der Waals surface area contributed by atoms with Crippen LogP contribution in [0, 0.1) is 0 Å². The van der Waals surface area contributed by atoms with Gasteiger partial charge in [0.05, 0.1) is 6.20 Å². The molecule has 64 valence electrons. The Labute approximate surface area is 77.7 Å². The zero-order valence-electron chi connectivity index (χ0n) is 6.24. The molecule has 2 heterocycles. The summed E-state index contributed by atoms with van der Waals surface area (Å²) in [6.07, 6.45) is 3.51. The van der Waals surface area contributed by atoms with Crippen molar-refractivity contribution in [2.24, 2.45) is 0 Å². The van der Waals surface area contributed by atoms with Crippen molar-refractivity contribution < 1.29 is 9.21 Å². The predicted octanol–water partition coefficient (Wildman–Crippen LogP) is 1.17. The molecule has 0 aliphatic carbocycles. The average molecular weight is 231 g/mol. The lowest BCUT2D eigenvalue weighted by Crippen LogP contribution is -2.24. The van der Waals surface area contributed by atoms with Crippen molar-refractivity contribution in [3.8, 4) is 0 Å². The molecule has 1 atom stereocenters. The first-order valence-corrected chi connectivity index (χ1v) is 4.53. The standard InChI is InChI=1S/C7H7BrN2O2/c8-5-3-6(11)10(4-5)7-9-1-2-12-7/h1-2,5H,3-4H2. The molecule has 1 amide bonds. The number of rotatable bonds is 1. The van der Waals surface area contributed by atoms with Crippen LogP contribution in [0.15, 0.2) is 16.9 Å². The molecule has 0 aromatic carbocycles. The Hall–Kier alpha value is -0.840. The first-order chi connectivity index (χ1) is 5.77. The molecule has 0 bridgehead atoms. The third-order valence-corrected chi connectivity index (χ3v) is 2.34. The lowest BCUT2D eigenvalue weighted by atomic mass is 10.4. The highest BCUT2D eigenvalue weighted by Crippen LogP contribution is 2.23. The van der Waals surface area contributed by atoms with Gasteiger partial charge in [0.15, 0.2) is 0 Å². The fraction of sp³-hybridized carbons (Fsp3) is 0.429. The van der Waals surface area contributed by atoms with Crippen LogP contribution in [0.1, 0.15) is 6.42 Å². The van der Waals surface area contributed by atoms with E-state index >= 15 is 0 Å². The number of anilines is 1. The number of aromatic nitrogens is 1. The van der Waals surface area contributed by atoms with E-state index in [9.17, 15) is 4.79 Å². The van der Waals surface area contributed by atoms with E-state index in [4.69, 9.17) is 4.42 Å². The van der Waals surface area contributed by atoms with E-state index in [1.54, 1.807) is 4.90 Å². The highest BCUT2D eigenvalue weighted by molar-refractivity contribution is 9.09. The number of hydrogen-bond donors (Lipinski definition) is 0. The third-order valence-electron chi connectivity index (χ3n) is 1.73. The molecule has 5 heteroatoms. The van der Waals surface area contributed by atoms with Crippen LogP contribution in [0.2, 0.25) is 0 Å². The lowest BCUT2D eigenvalue weighted by molar-refractivity contribution is -0.117. The second-order valence-electron chi connectivity index (χ2n) is 2.62. The van der Waals surface area contributed by atoms with Crippen molar-refractivity contribution in [3.05, 3.63) is 12.5 Å². The Morgan fingerprint density at radius 1 is 1.75 bits per heavy atom. The maximum Gasteiger partial charge on any atom is 0.304 e. The van der Waals surface area contributed by atoms with Crippen LogP contribution >= 0.6 is 15.9 Å². The number of carbonyl (C=O) groups is 1. The quantitative estimate of drug-likeness (QED) is 0.681. The Bertz CT molecular complexity index is 286. The Balaban J connectivity index is 2.21. The number of oxazole rings is 1. The molecule has 0 spiro atoms. The Morgan fingerprint density at radius 2 is 2.58 bits per heavy atom. The van der Waals surface area contributed by atoms with Crippen LogP contribution in [0.25, 0.3) is 0 Å². The maximum atomic E-state index is 11.3. The van der Waals surface area contributed by atoms with Gasteiger partial charge in [0.1, 0.15) is 6.26 Å². The van der Waals surface area contributed by atoms with Crippen molar-refractivity contribution in [3.63, 3.8) is 0 Å². The third kappa shape index (κ3) is 1.24. The first kappa shape index (κ1) is 7.79. The molecule has 1 unspecified atom stereocenters. The van der Waals surface area contributed by atoms with Crippen molar-refractivity contribution in [1.82, 2.24) is 4.98 Å². The summed E-state index contributed by atoms with van der Waals surface area (Å²) in [6, 6.07) is 0.391. The second-order valence-corrected chi connectivity index (χ2v) is 3.92. The zero-order valence-corrected chi connectivity index (χ0v) is 7.82. The molecular weight excluding hydrogens is 224 g/mol. The largest absolute Gasteiger partial charge is 0.432 e. The molecule has 0 saturated carbocycles. The summed E-state index contributed by atoms with van der Waals surface area (Å²) in [6.45, 7) is 0.638. The predicted molar refractivity (Wildman–Crippen MR) is 46.2 cm³/mol. The number of carbonyl (C=O) groups excluding carboxylic acids is 1. The van der Waals surface area contributed by atoms with E-state index < -0.39 is 0 Å². The number of amides is 1. The van der Waals surface area contributed by atoms with Gasteiger partial charge in [-0.15, -0.1) is 0 Å². The van der Waals surface area contributed by atoms with Gasteiger partial charge in [0.25, 0.3) is 0 Å².